The second-order valence-corrected chi connectivity index (χ2v) is 7.12. The summed E-state index contributed by atoms with van der Waals surface area (Å²) < 4.78 is 7.25. The highest BCUT2D eigenvalue weighted by Crippen LogP contribution is 2.14. The summed E-state index contributed by atoms with van der Waals surface area (Å²) >= 11 is 0. The lowest BCUT2D eigenvalue weighted by Gasteiger charge is -2.12. The summed E-state index contributed by atoms with van der Waals surface area (Å²) in [5.41, 5.74) is 3.53. The van der Waals surface area contributed by atoms with Gasteiger partial charge in [0.2, 0.25) is 0 Å². The predicted octanol–water partition coefficient (Wildman–Crippen LogP) is 2.66. The van der Waals surface area contributed by atoms with Gasteiger partial charge in [-0.25, -0.2) is 4.98 Å². The highest BCUT2D eigenvalue weighted by atomic mass is 16.5. The third-order valence-electron chi connectivity index (χ3n) is 5.09. The Morgan fingerprint density at radius 2 is 2.00 bits per heavy atom. The number of benzene rings is 2. The number of carbonyl (C=O) groups is 1. The topological polar surface area (TPSA) is 73.2 Å². The minimum Gasteiger partial charge on any atom is -0.376 e. The average Bonchev–Trinajstić information content (AvgIpc) is 3.24. The van der Waals surface area contributed by atoms with Crippen LogP contribution in [0.25, 0.3) is 11.0 Å². The number of nitrogens with one attached hydrogen (secondary N) is 1. The van der Waals surface area contributed by atoms with Gasteiger partial charge in [0.1, 0.15) is 5.69 Å². The van der Waals surface area contributed by atoms with Crippen molar-refractivity contribution in [3.63, 3.8) is 0 Å². The van der Waals surface area contributed by atoms with E-state index >= 15 is 0 Å². The quantitative estimate of drug-likeness (QED) is 0.742. The van der Waals surface area contributed by atoms with Gasteiger partial charge in [-0.1, -0.05) is 24.3 Å². The molecule has 1 aromatic heterocycles. The van der Waals surface area contributed by atoms with Crippen LogP contribution in [0.15, 0.2) is 53.3 Å². The number of hydrogen-bond donors (Lipinski definition) is 1. The van der Waals surface area contributed by atoms with Crippen LogP contribution >= 0.6 is 0 Å². The molecule has 0 radical (unpaired) electrons. The zero-order valence-electron chi connectivity index (χ0n) is 15.9. The van der Waals surface area contributed by atoms with E-state index in [-0.39, 0.29) is 17.6 Å². The van der Waals surface area contributed by atoms with Gasteiger partial charge in [0.25, 0.3) is 11.5 Å². The molecule has 2 aromatic carbocycles. The minimum atomic E-state index is -0.107. The molecule has 6 nitrogen and oxygen atoms in total. The van der Waals surface area contributed by atoms with Crippen LogP contribution in [0.2, 0.25) is 0 Å². The monoisotopic (exact) mass is 377 g/mol. The van der Waals surface area contributed by atoms with Gasteiger partial charge >= 0.3 is 0 Å². The molecule has 28 heavy (non-hydrogen) atoms. The van der Waals surface area contributed by atoms with Crippen molar-refractivity contribution in [1.82, 2.24) is 14.9 Å². The van der Waals surface area contributed by atoms with Crippen molar-refractivity contribution in [1.29, 1.82) is 0 Å². The van der Waals surface area contributed by atoms with Gasteiger partial charge in [-0.15, -0.1) is 0 Å². The molecule has 6 heteroatoms. The smallest absolute Gasteiger partial charge is 0.272 e. The first-order valence-electron chi connectivity index (χ1n) is 9.57. The van der Waals surface area contributed by atoms with E-state index in [1.807, 2.05) is 36.4 Å². The highest BCUT2D eigenvalue weighted by molar-refractivity contribution is 5.94. The van der Waals surface area contributed by atoms with E-state index in [4.69, 9.17) is 4.74 Å². The van der Waals surface area contributed by atoms with Crippen LogP contribution in [-0.2, 0) is 11.3 Å². The molecule has 4 rings (SSSR count). The first-order valence-corrected chi connectivity index (χ1v) is 9.57. The number of ether oxygens (including phenoxy) is 1. The lowest BCUT2D eigenvalue weighted by molar-refractivity contribution is 0.0858. The number of aromatic nitrogens is 2. The van der Waals surface area contributed by atoms with E-state index in [0.717, 1.165) is 36.0 Å². The van der Waals surface area contributed by atoms with Gasteiger partial charge in [-0.3, -0.25) is 9.59 Å². The van der Waals surface area contributed by atoms with Crippen molar-refractivity contribution in [2.24, 2.45) is 0 Å². The molecule has 1 aliphatic rings. The Hall–Kier alpha value is -2.99. The van der Waals surface area contributed by atoms with Crippen LogP contribution in [0.4, 0.5) is 0 Å². The van der Waals surface area contributed by atoms with Crippen molar-refractivity contribution in [2.75, 3.05) is 13.2 Å². The third-order valence-corrected chi connectivity index (χ3v) is 5.09. The molecule has 0 aliphatic carbocycles. The maximum absolute atomic E-state index is 12.6. The fourth-order valence-electron chi connectivity index (χ4n) is 3.54. The summed E-state index contributed by atoms with van der Waals surface area (Å²) in [5.74, 6) is -0.107. The lowest BCUT2D eigenvalue weighted by Crippen LogP contribution is -2.31. The van der Waals surface area contributed by atoms with Gasteiger partial charge in [0.15, 0.2) is 0 Å². The molecule has 3 aromatic rings. The Bertz CT molecular complexity index is 1050. The number of para-hydroxylation sites is 2. The molecule has 1 saturated heterocycles. The molecule has 1 aliphatic heterocycles. The van der Waals surface area contributed by atoms with Gasteiger partial charge in [0, 0.05) is 18.7 Å². The summed E-state index contributed by atoms with van der Waals surface area (Å²) in [4.78, 5) is 29.3. The molecule has 1 fully saturated rings. The first-order chi connectivity index (χ1) is 13.6. The molecule has 144 valence electrons. The SMILES string of the molecule is Cc1nc2ccccc2n(Cc2ccc(C(=O)NCC3CCCO3)cc2)c1=O. The molecular formula is C22H23N3O3. The number of hydrogen-bond acceptors (Lipinski definition) is 4. The van der Waals surface area contributed by atoms with Crippen molar-refractivity contribution < 1.29 is 9.53 Å². The Morgan fingerprint density at radius 3 is 2.75 bits per heavy atom. The lowest BCUT2D eigenvalue weighted by atomic mass is 10.1. The second-order valence-electron chi connectivity index (χ2n) is 7.12. The Morgan fingerprint density at radius 1 is 1.21 bits per heavy atom. The van der Waals surface area contributed by atoms with Crippen LogP contribution in [0, 0.1) is 6.92 Å². The normalized spacial score (nSPS) is 16.4. The predicted molar refractivity (Wildman–Crippen MR) is 108 cm³/mol. The van der Waals surface area contributed by atoms with Gasteiger partial charge in [-0.2, -0.15) is 0 Å². The molecule has 1 amide bonds. The maximum atomic E-state index is 12.6. The van der Waals surface area contributed by atoms with Gasteiger partial charge in [0.05, 0.1) is 23.7 Å². The number of carbonyl (C=O) groups excluding carboxylic acids is 1. The van der Waals surface area contributed by atoms with E-state index in [2.05, 4.69) is 10.3 Å². The number of fused-ring (bicyclic) bond motifs is 1. The molecule has 0 spiro atoms. The zero-order valence-corrected chi connectivity index (χ0v) is 15.9. The summed E-state index contributed by atoms with van der Waals surface area (Å²) in [6, 6.07) is 15.0. The van der Waals surface area contributed by atoms with Crippen molar-refractivity contribution in [3.8, 4) is 0 Å². The summed E-state index contributed by atoms with van der Waals surface area (Å²) in [7, 11) is 0. The third kappa shape index (κ3) is 3.82. The fraction of sp³-hybridized carbons (Fsp3) is 0.318. The molecule has 1 unspecified atom stereocenters. The number of rotatable bonds is 5. The summed E-state index contributed by atoms with van der Waals surface area (Å²) in [6.07, 6.45) is 2.17. The van der Waals surface area contributed by atoms with Crippen molar-refractivity contribution >= 4 is 16.9 Å². The number of amides is 1. The average molecular weight is 377 g/mol. The molecule has 2 heterocycles. The van der Waals surface area contributed by atoms with E-state index in [0.29, 0.717) is 24.3 Å². The fourth-order valence-corrected chi connectivity index (χ4v) is 3.54. The second kappa shape index (κ2) is 7.94. The zero-order chi connectivity index (χ0) is 19.5. The standard InChI is InChI=1S/C22H23N3O3/c1-15-22(27)25(20-7-3-2-6-19(20)24-15)14-16-8-10-17(11-9-16)21(26)23-13-18-5-4-12-28-18/h2-3,6-11,18H,4-5,12-14H2,1H3,(H,23,26). The highest BCUT2D eigenvalue weighted by Gasteiger charge is 2.16. The van der Waals surface area contributed by atoms with Gasteiger partial charge in [-0.05, 0) is 49.6 Å². The van der Waals surface area contributed by atoms with Crippen LogP contribution < -0.4 is 10.9 Å². The number of aryl methyl sites for hydroxylation is 1. The molecule has 0 saturated carbocycles. The molecule has 1 atom stereocenters. The van der Waals surface area contributed by atoms with Gasteiger partial charge < -0.3 is 14.6 Å². The summed E-state index contributed by atoms with van der Waals surface area (Å²) in [6.45, 7) is 3.48. The van der Waals surface area contributed by atoms with E-state index in [1.165, 1.54) is 0 Å². The number of nitrogens with zero attached hydrogens (tertiary/aromatic N) is 2. The molecular weight excluding hydrogens is 354 g/mol. The first kappa shape index (κ1) is 18.4. The van der Waals surface area contributed by atoms with Crippen molar-refractivity contribution in [3.05, 3.63) is 75.7 Å². The van der Waals surface area contributed by atoms with Crippen LogP contribution in [-0.4, -0.2) is 34.7 Å². The van der Waals surface area contributed by atoms with E-state index in [9.17, 15) is 9.59 Å². The Balaban J connectivity index is 1.50. The molecule has 1 N–H and O–H groups in total. The van der Waals surface area contributed by atoms with Crippen LogP contribution in [0.3, 0.4) is 0 Å². The van der Waals surface area contributed by atoms with Crippen LogP contribution in [0.5, 0.6) is 0 Å². The van der Waals surface area contributed by atoms with E-state index in [1.54, 1.807) is 23.6 Å². The minimum absolute atomic E-state index is 0.0999. The largest absolute Gasteiger partial charge is 0.376 e. The van der Waals surface area contributed by atoms with Crippen LogP contribution in [0.1, 0.15) is 34.5 Å². The maximum Gasteiger partial charge on any atom is 0.272 e. The Kier molecular flexibility index (Phi) is 5.21. The summed E-state index contributed by atoms with van der Waals surface area (Å²) in [5, 5.41) is 2.92. The van der Waals surface area contributed by atoms with E-state index < -0.39 is 0 Å². The van der Waals surface area contributed by atoms with Crippen molar-refractivity contribution in [2.45, 2.75) is 32.4 Å². The Labute approximate surface area is 163 Å². The molecule has 0 bridgehead atoms.